The fourth-order valence-corrected chi connectivity index (χ4v) is 7.97. The first kappa shape index (κ1) is 28.1. The number of fused-ring (bicyclic) bond motifs is 2. The number of halogens is 4. The summed E-state index contributed by atoms with van der Waals surface area (Å²) < 4.78 is 70.1. The zero-order valence-corrected chi connectivity index (χ0v) is 23.5. The van der Waals surface area contributed by atoms with Crippen molar-refractivity contribution in [2.75, 3.05) is 5.75 Å². The van der Waals surface area contributed by atoms with Crippen LogP contribution in [0, 0.1) is 17.2 Å². The smallest absolute Gasteiger partial charge is 0.291 e. The van der Waals surface area contributed by atoms with Crippen molar-refractivity contribution in [3.63, 3.8) is 0 Å². The molecule has 1 fully saturated rings. The lowest BCUT2D eigenvalue weighted by molar-refractivity contribution is -0.137. The number of aryl methyl sites for hydroxylation is 1. The molecule has 0 radical (unpaired) electrons. The molecular weight excluding hydrogens is 570 g/mol. The molecule has 2 aliphatic carbocycles. The standard InChI is InChI=1S/C30H27F4N5O2S/c1-38-17-25(16-36-38)42(2,41)18-19-3-4-21-11-27-20(14-37-39(27)24-8-6-23(31)7-9-24)13-29(21,12-19)28(40)26-10-5-22(15-35-26)30(32,33)34/h5-11,14-17,19H,2-4,12-13,18H2,1H3/t19?,29-,42?/m1/s1. The van der Waals surface area contributed by atoms with Gasteiger partial charge >= 0.3 is 6.18 Å². The number of hydrogen-bond acceptors (Lipinski definition) is 5. The van der Waals surface area contributed by atoms with Crippen molar-refractivity contribution in [3.05, 3.63) is 95.1 Å². The van der Waals surface area contributed by atoms with Gasteiger partial charge in [0.2, 0.25) is 0 Å². The summed E-state index contributed by atoms with van der Waals surface area (Å²) in [6.45, 7) is 0. The maximum absolute atomic E-state index is 14.3. The average molecular weight is 598 g/mol. The minimum absolute atomic E-state index is 0.0634. The molecule has 3 aromatic heterocycles. The number of rotatable bonds is 6. The van der Waals surface area contributed by atoms with Gasteiger partial charge < -0.3 is 0 Å². The molecule has 0 saturated heterocycles. The number of nitrogens with zero attached hydrogens (tertiary/aromatic N) is 5. The summed E-state index contributed by atoms with van der Waals surface area (Å²) in [6.07, 6.45) is 4.61. The Bertz CT molecular complexity index is 1810. The van der Waals surface area contributed by atoms with Crippen LogP contribution in [-0.4, -0.2) is 46.2 Å². The summed E-state index contributed by atoms with van der Waals surface area (Å²) in [5.74, 6) is 3.33. The molecule has 42 heavy (non-hydrogen) atoms. The van der Waals surface area contributed by atoms with Gasteiger partial charge in [-0.15, -0.1) is 0 Å². The van der Waals surface area contributed by atoms with Crippen molar-refractivity contribution in [3.8, 4) is 5.69 Å². The highest BCUT2D eigenvalue weighted by atomic mass is 32.2. The molecule has 12 heteroatoms. The predicted octanol–water partition coefficient (Wildman–Crippen LogP) is 5.54. The van der Waals surface area contributed by atoms with E-state index in [1.807, 2.05) is 6.08 Å². The molecule has 7 nitrogen and oxygen atoms in total. The molecule has 4 aromatic rings. The van der Waals surface area contributed by atoms with Crippen LogP contribution < -0.4 is 0 Å². The zero-order valence-electron chi connectivity index (χ0n) is 22.6. The van der Waals surface area contributed by atoms with E-state index in [0.29, 0.717) is 36.0 Å². The molecule has 2 aliphatic rings. The van der Waals surface area contributed by atoms with E-state index in [-0.39, 0.29) is 35.4 Å². The van der Waals surface area contributed by atoms with Gasteiger partial charge in [0.25, 0.3) is 0 Å². The van der Waals surface area contributed by atoms with Crippen molar-refractivity contribution in [2.45, 2.75) is 36.8 Å². The van der Waals surface area contributed by atoms with Crippen LogP contribution in [0.2, 0.25) is 0 Å². The van der Waals surface area contributed by atoms with Crippen LogP contribution in [0.5, 0.6) is 0 Å². The van der Waals surface area contributed by atoms with Crippen molar-refractivity contribution in [2.24, 2.45) is 18.4 Å². The number of Topliss-reactive ketones (excluding diaryl/α,β-unsaturated/α-hetero) is 1. The van der Waals surface area contributed by atoms with E-state index in [9.17, 15) is 26.6 Å². The molecule has 6 rings (SSSR count). The first-order valence-electron chi connectivity index (χ1n) is 13.3. The molecule has 1 aromatic carbocycles. The van der Waals surface area contributed by atoms with Crippen LogP contribution in [-0.2, 0) is 29.2 Å². The van der Waals surface area contributed by atoms with E-state index < -0.39 is 26.7 Å². The number of pyridine rings is 1. The zero-order chi connectivity index (χ0) is 29.9. The molecular formula is C30H27F4N5O2S. The summed E-state index contributed by atoms with van der Waals surface area (Å²) in [6, 6.07) is 7.90. The number of hydrogen-bond donors (Lipinski definition) is 0. The van der Waals surface area contributed by atoms with Crippen LogP contribution in [0.1, 0.15) is 46.6 Å². The van der Waals surface area contributed by atoms with Crippen LogP contribution in [0.25, 0.3) is 11.8 Å². The van der Waals surface area contributed by atoms with Gasteiger partial charge in [0, 0.05) is 25.2 Å². The number of aromatic nitrogens is 5. The Hall–Kier alpha value is -4.06. The van der Waals surface area contributed by atoms with E-state index in [1.165, 1.54) is 18.3 Å². The summed E-state index contributed by atoms with van der Waals surface area (Å²) >= 11 is 0. The number of benzene rings is 1. The Morgan fingerprint density at radius 2 is 1.88 bits per heavy atom. The highest BCUT2D eigenvalue weighted by Gasteiger charge is 2.50. The third-order valence-electron chi connectivity index (χ3n) is 8.21. The minimum atomic E-state index is -4.58. The Labute approximate surface area is 239 Å². The van der Waals surface area contributed by atoms with Gasteiger partial charge in [-0.1, -0.05) is 5.57 Å². The number of carbonyl (C=O) groups excluding carboxylic acids is 1. The molecule has 0 spiro atoms. The molecule has 0 bridgehead atoms. The lowest BCUT2D eigenvalue weighted by Crippen LogP contribution is -2.43. The number of allylic oxidation sites excluding steroid dienone is 1. The van der Waals surface area contributed by atoms with Crippen molar-refractivity contribution < 1.29 is 26.6 Å². The Balaban J connectivity index is 1.39. The first-order valence-corrected chi connectivity index (χ1v) is 15.2. The van der Waals surface area contributed by atoms with Crippen LogP contribution in [0.4, 0.5) is 17.6 Å². The SMILES string of the molecule is C=S(=O)(CC1CCC2=Cc3c(cnn3-c3ccc(F)cc3)C[C@]2(C(=O)c2ccc(C(F)(F)F)cn2)C1)c1cnn(C)c1. The fraction of sp³-hybridized carbons (Fsp3) is 0.300. The van der Waals surface area contributed by atoms with E-state index in [4.69, 9.17) is 0 Å². The Morgan fingerprint density at radius 3 is 2.52 bits per heavy atom. The van der Waals surface area contributed by atoms with Gasteiger partial charge in [0.15, 0.2) is 5.78 Å². The normalized spacial score (nSPS) is 21.6. The van der Waals surface area contributed by atoms with Crippen LogP contribution in [0.15, 0.2) is 71.7 Å². The minimum Gasteiger partial charge on any atom is -0.291 e. The molecule has 0 aliphatic heterocycles. The third-order valence-corrected chi connectivity index (χ3v) is 10.3. The Morgan fingerprint density at radius 1 is 1.12 bits per heavy atom. The highest BCUT2D eigenvalue weighted by molar-refractivity contribution is 8.00. The van der Waals surface area contributed by atoms with Crippen LogP contribution >= 0.6 is 0 Å². The van der Waals surface area contributed by atoms with Gasteiger partial charge in [-0.2, -0.15) is 23.4 Å². The van der Waals surface area contributed by atoms with Crippen LogP contribution in [0.3, 0.4) is 0 Å². The fourth-order valence-electron chi connectivity index (χ4n) is 6.15. The summed E-state index contributed by atoms with van der Waals surface area (Å²) in [5.41, 5.74) is 0.893. The molecule has 218 valence electrons. The van der Waals surface area contributed by atoms with Gasteiger partial charge in [0.1, 0.15) is 11.5 Å². The van der Waals surface area contributed by atoms with Gasteiger partial charge in [-0.3, -0.25) is 18.7 Å². The van der Waals surface area contributed by atoms with Crippen molar-refractivity contribution in [1.82, 2.24) is 24.5 Å². The molecule has 3 heterocycles. The van der Waals surface area contributed by atoms with Crippen molar-refractivity contribution in [1.29, 1.82) is 0 Å². The lowest BCUT2D eigenvalue weighted by Gasteiger charge is -2.44. The summed E-state index contributed by atoms with van der Waals surface area (Å²) in [4.78, 5) is 18.7. The van der Waals surface area contributed by atoms with Gasteiger partial charge in [0.05, 0.1) is 39.6 Å². The second-order valence-corrected chi connectivity index (χ2v) is 13.5. The lowest BCUT2D eigenvalue weighted by atomic mass is 9.59. The largest absolute Gasteiger partial charge is 0.417 e. The second kappa shape index (κ2) is 10.0. The molecule has 3 atom stereocenters. The summed E-state index contributed by atoms with van der Waals surface area (Å²) in [5, 5.41) is 8.63. The van der Waals surface area contributed by atoms with Gasteiger partial charge in [-0.25, -0.2) is 9.07 Å². The van der Waals surface area contributed by atoms with E-state index in [0.717, 1.165) is 29.0 Å². The highest BCUT2D eigenvalue weighted by Crippen LogP contribution is 2.52. The quantitative estimate of drug-likeness (QED) is 0.166. The molecule has 1 saturated carbocycles. The van der Waals surface area contributed by atoms with Crippen molar-refractivity contribution >= 4 is 27.3 Å². The second-order valence-electron chi connectivity index (χ2n) is 11.1. The number of ketones is 1. The number of carbonyl (C=O) groups is 1. The Kier molecular flexibility index (Phi) is 6.71. The third kappa shape index (κ3) is 4.97. The average Bonchev–Trinajstić information content (AvgIpc) is 3.57. The maximum atomic E-state index is 14.3. The van der Waals surface area contributed by atoms with E-state index in [1.54, 1.807) is 40.9 Å². The molecule has 2 unspecified atom stereocenters. The van der Waals surface area contributed by atoms with E-state index in [2.05, 4.69) is 21.1 Å². The topological polar surface area (TPSA) is 82.7 Å². The maximum Gasteiger partial charge on any atom is 0.417 e. The number of alkyl halides is 3. The predicted molar refractivity (Wildman–Crippen MR) is 150 cm³/mol. The van der Waals surface area contributed by atoms with Gasteiger partial charge in [-0.05, 0) is 95.0 Å². The molecule has 0 N–H and O–H groups in total. The first-order chi connectivity index (χ1) is 19.9. The summed E-state index contributed by atoms with van der Waals surface area (Å²) in [7, 11) is -0.984. The molecule has 0 amide bonds. The van der Waals surface area contributed by atoms with E-state index >= 15 is 0 Å². The monoisotopic (exact) mass is 597 g/mol.